The Balaban J connectivity index is 2.50. The van der Waals surface area contributed by atoms with Gasteiger partial charge in [-0.2, -0.15) is 0 Å². The molecule has 1 aromatic carbocycles. The molecule has 2 N–H and O–H groups in total. The van der Waals surface area contributed by atoms with Gasteiger partial charge in [0.05, 0.1) is 0 Å². The van der Waals surface area contributed by atoms with Gasteiger partial charge in [0, 0.05) is 6.54 Å². The third-order valence-corrected chi connectivity index (χ3v) is 2.66. The van der Waals surface area contributed by atoms with E-state index < -0.39 is 17.8 Å². The first-order valence-electron chi connectivity index (χ1n) is 5.63. The summed E-state index contributed by atoms with van der Waals surface area (Å²) in [6.07, 6.45) is 0.975. The topological polar surface area (TPSA) is 66.4 Å². The summed E-state index contributed by atoms with van der Waals surface area (Å²) in [5.74, 6) is -2.58. The van der Waals surface area contributed by atoms with Crippen LogP contribution in [0.15, 0.2) is 24.3 Å². The summed E-state index contributed by atoms with van der Waals surface area (Å²) in [5.41, 5.74) is 2.20. The van der Waals surface area contributed by atoms with Gasteiger partial charge in [-0.1, -0.05) is 31.2 Å². The summed E-state index contributed by atoms with van der Waals surface area (Å²) in [5, 5.41) is 11.3. The molecule has 1 unspecified atom stereocenters. The molecular weight excluding hydrogens is 218 g/mol. The normalized spacial score (nSPS) is 11.9. The molecule has 0 fully saturated rings. The number of benzene rings is 1. The van der Waals surface area contributed by atoms with Gasteiger partial charge in [-0.25, -0.2) is 0 Å². The van der Waals surface area contributed by atoms with Crippen molar-refractivity contribution in [1.82, 2.24) is 5.32 Å². The first-order chi connectivity index (χ1) is 8.04. The number of carboxylic acids is 1. The predicted octanol–water partition coefficient (Wildman–Crippen LogP) is 1.59. The van der Waals surface area contributed by atoms with Gasteiger partial charge in [-0.3, -0.25) is 9.59 Å². The van der Waals surface area contributed by atoms with Gasteiger partial charge in [0.2, 0.25) is 5.91 Å². The van der Waals surface area contributed by atoms with Crippen molar-refractivity contribution in [2.24, 2.45) is 5.92 Å². The minimum Gasteiger partial charge on any atom is -0.481 e. The molecule has 4 heteroatoms. The highest BCUT2D eigenvalue weighted by Crippen LogP contribution is 2.05. The zero-order valence-corrected chi connectivity index (χ0v) is 10.1. The molecule has 1 atom stereocenters. The van der Waals surface area contributed by atoms with E-state index in [1.54, 1.807) is 0 Å². The number of hydrogen-bond donors (Lipinski definition) is 2. The fraction of sp³-hybridized carbons (Fsp3) is 0.385. The Bertz CT molecular complexity index is 398. The zero-order chi connectivity index (χ0) is 12.8. The van der Waals surface area contributed by atoms with Gasteiger partial charge in [0.25, 0.3) is 0 Å². The van der Waals surface area contributed by atoms with E-state index in [-0.39, 0.29) is 0 Å². The fourth-order valence-corrected chi connectivity index (χ4v) is 1.35. The Morgan fingerprint density at radius 2 is 1.76 bits per heavy atom. The van der Waals surface area contributed by atoms with E-state index in [0.717, 1.165) is 12.0 Å². The van der Waals surface area contributed by atoms with Crippen molar-refractivity contribution in [2.75, 3.05) is 0 Å². The van der Waals surface area contributed by atoms with E-state index in [4.69, 9.17) is 5.11 Å². The lowest BCUT2D eigenvalue weighted by molar-refractivity contribution is -0.146. The van der Waals surface area contributed by atoms with Gasteiger partial charge in [0.1, 0.15) is 5.92 Å². The lowest BCUT2D eigenvalue weighted by Gasteiger charge is -2.08. The lowest BCUT2D eigenvalue weighted by Crippen LogP contribution is -2.33. The number of carboxylic acid groups (broad SMARTS) is 1. The Hall–Kier alpha value is -1.84. The monoisotopic (exact) mass is 235 g/mol. The summed E-state index contributed by atoms with van der Waals surface area (Å²) < 4.78 is 0. The zero-order valence-electron chi connectivity index (χ0n) is 10.1. The molecule has 0 bridgehead atoms. The maximum Gasteiger partial charge on any atom is 0.315 e. The number of hydrogen-bond acceptors (Lipinski definition) is 2. The van der Waals surface area contributed by atoms with E-state index in [1.165, 1.54) is 12.5 Å². The van der Waals surface area contributed by atoms with Crippen LogP contribution in [0.3, 0.4) is 0 Å². The molecule has 17 heavy (non-hydrogen) atoms. The molecule has 1 amide bonds. The van der Waals surface area contributed by atoms with E-state index in [1.807, 2.05) is 24.3 Å². The van der Waals surface area contributed by atoms with Gasteiger partial charge < -0.3 is 10.4 Å². The van der Waals surface area contributed by atoms with Gasteiger partial charge >= 0.3 is 5.97 Å². The first kappa shape index (κ1) is 13.2. The molecule has 0 aromatic heterocycles. The van der Waals surface area contributed by atoms with Crippen molar-refractivity contribution >= 4 is 11.9 Å². The number of amides is 1. The maximum absolute atomic E-state index is 11.4. The molecule has 0 aliphatic carbocycles. The second-order valence-electron chi connectivity index (χ2n) is 3.95. The third-order valence-electron chi connectivity index (χ3n) is 2.66. The quantitative estimate of drug-likeness (QED) is 0.761. The Morgan fingerprint density at radius 1 is 1.24 bits per heavy atom. The van der Waals surface area contributed by atoms with Gasteiger partial charge in [0.15, 0.2) is 0 Å². The Kier molecular flexibility index (Phi) is 4.69. The maximum atomic E-state index is 11.4. The van der Waals surface area contributed by atoms with Crippen LogP contribution in [0.2, 0.25) is 0 Å². The fourth-order valence-electron chi connectivity index (χ4n) is 1.35. The Morgan fingerprint density at radius 3 is 2.24 bits per heavy atom. The second-order valence-corrected chi connectivity index (χ2v) is 3.95. The van der Waals surface area contributed by atoms with Gasteiger partial charge in [-0.15, -0.1) is 0 Å². The second kappa shape index (κ2) is 6.03. The van der Waals surface area contributed by atoms with Crippen LogP contribution >= 0.6 is 0 Å². The van der Waals surface area contributed by atoms with Gasteiger partial charge in [-0.05, 0) is 24.5 Å². The lowest BCUT2D eigenvalue weighted by atomic mass is 10.1. The average molecular weight is 235 g/mol. The SMILES string of the molecule is CCc1ccc(CNC(=O)C(C)C(=O)O)cc1. The number of carbonyl (C=O) groups is 2. The van der Waals surface area contributed by atoms with Crippen LogP contribution in [-0.4, -0.2) is 17.0 Å². The minimum atomic E-state index is -1.11. The third kappa shape index (κ3) is 3.90. The highest BCUT2D eigenvalue weighted by atomic mass is 16.4. The number of nitrogens with one attached hydrogen (secondary N) is 1. The molecular formula is C13H17NO3. The van der Waals surface area contributed by atoms with Crippen LogP contribution in [0.1, 0.15) is 25.0 Å². The van der Waals surface area contributed by atoms with Crippen LogP contribution in [0.4, 0.5) is 0 Å². The highest BCUT2D eigenvalue weighted by molar-refractivity contribution is 5.96. The smallest absolute Gasteiger partial charge is 0.315 e. The van der Waals surface area contributed by atoms with E-state index in [2.05, 4.69) is 12.2 Å². The molecule has 92 valence electrons. The molecule has 0 aliphatic rings. The highest BCUT2D eigenvalue weighted by Gasteiger charge is 2.19. The van der Waals surface area contributed by atoms with Crippen molar-refractivity contribution in [3.63, 3.8) is 0 Å². The summed E-state index contributed by atoms with van der Waals surface area (Å²) in [6.45, 7) is 3.81. The van der Waals surface area contributed by atoms with Crippen molar-refractivity contribution in [2.45, 2.75) is 26.8 Å². The summed E-state index contributed by atoms with van der Waals surface area (Å²) in [4.78, 5) is 22.0. The first-order valence-corrected chi connectivity index (χ1v) is 5.63. The van der Waals surface area contributed by atoms with Crippen LogP contribution in [0.25, 0.3) is 0 Å². The number of aryl methyl sites for hydroxylation is 1. The molecule has 0 heterocycles. The predicted molar refractivity (Wildman–Crippen MR) is 64.5 cm³/mol. The summed E-state index contributed by atoms with van der Waals surface area (Å²) in [6, 6.07) is 7.87. The molecule has 1 aromatic rings. The largest absolute Gasteiger partial charge is 0.481 e. The number of aliphatic carboxylic acids is 1. The van der Waals surface area contributed by atoms with Crippen LogP contribution < -0.4 is 5.32 Å². The van der Waals surface area contributed by atoms with Crippen molar-refractivity contribution in [3.05, 3.63) is 35.4 Å². The molecule has 0 aliphatic heterocycles. The van der Waals surface area contributed by atoms with E-state index in [0.29, 0.717) is 6.54 Å². The van der Waals surface area contributed by atoms with Crippen molar-refractivity contribution in [3.8, 4) is 0 Å². The minimum absolute atomic E-state index is 0.362. The number of rotatable bonds is 5. The van der Waals surface area contributed by atoms with Crippen LogP contribution in [-0.2, 0) is 22.6 Å². The summed E-state index contributed by atoms with van der Waals surface area (Å²) in [7, 11) is 0. The van der Waals surface area contributed by atoms with E-state index in [9.17, 15) is 9.59 Å². The van der Waals surface area contributed by atoms with Crippen LogP contribution in [0, 0.1) is 5.92 Å². The molecule has 0 spiro atoms. The van der Waals surface area contributed by atoms with E-state index >= 15 is 0 Å². The average Bonchev–Trinajstić information content (AvgIpc) is 2.35. The van der Waals surface area contributed by atoms with Crippen molar-refractivity contribution in [1.29, 1.82) is 0 Å². The standard InChI is InChI=1S/C13H17NO3/c1-3-10-4-6-11(7-5-10)8-14-12(15)9(2)13(16)17/h4-7,9H,3,8H2,1-2H3,(H,14,15)(H,16,17). The molecule has 0 saturated heterocycles. The molecule has 0 radical (unpaired) electrons. The molecule has 4 nitrogen and oxygen atoms in total. The molecule has 1 rings (SSSR count). The Labute approximate surface area is 101 Å². The van der Waals surface area contributed by atoms with Crippen molar-refractivity contribution < 1.29 is 14.7 Å². The van der Waals surface area contributed by atoms with Crippen LogP contribution in [0.5, 0.6) is 0 Å². The number of carbonyl (C=O) groups excluding carboxylic acids is 1. The molecule has 0 saturated carbocycles. The summed E-state index contributed by atoms with van der Waals surface area (Å²) >= 11 is 0.